The number of amides is 1. The summed E-state index contributed by atoms with van der Waals surface area (Å²) in [4.78, 5) is 15.4. The zero-order valence-corrected chi connectivity index (χ0v) is 13.6. The molecule has 5 nitrogen and oxygen atoms in total. The van der Waals surface area contributed by atoms with Gasteiger partial charge >= 0.3 is 0 Å². The molecule has 0 aliphatic heterocycles. The van der Waals surface area contributed by atoms with E-state index in [1.165, 1.54) is 0 Å². The molecular formula is C17H16ClN3O2. The fraction of sp³-hybridized carbons (Fsp3) is 0.176. The summed E-state index contributed by atoms with van der Waals surface area (Å²) in [5.41, 5.74) is 3.75. The van der Waals surface area contributed by atoms with Crippen LogP contribution in [0.5, 0.6) is 0 Å². The second-order valence-corrected chi connectivity index (χ2v) is 5.61. The highest BCUT2D eigenvalue weighted by Crippen LogP contribution is 2.24. The maximum absolute atomic E-state index is 12.4. The topological polar surface area (TPSA) is 70.9 Å². The lowest BCUT2D eigenvalue weighted by atomic mass is 10.1. The molecule has 0 saturated carbocycles. The van der Waals surface area contributed by atoms with Crippen LogP contribution in [0.3, 0.4) is 0 Å². The third kappa shape index (κ3) is 3.14. The number of aryl methyl sites for hydroxylation is 2. The predicted molar refractivity (Wildman–Crippen MR) is 89.8 cm³/mol. The van der Waals surface area contributed by atoms with Crippen LogP contribution in [0.1, 0.15) is 28.9 Å². The fourth-order valence-corrected chi connectivity index (χ4v) is 2.46. The van der Waals surface area contributed by atoms with Crippen LogP contribution in [0.2, 0.25) is 5.02 Å². The summed E-state index contributed by atoms with van der Waals surface area (Å²) in [5, 5.41) is 7.46. The SMILES string of the molecule is CCc1noc(C)c1NC(=O)c1cc(-c2ccc(Cl)cc2)c[nH]1. The minimum absolute atomic E-state index is 0.230. The number of rotatable bonds is 4. The first-order valence-electron chi connectivity index (χ1n) is 7.29. The summed E-state index contributed by atoms with van der Waals surface area (Å²) in [6.45, 7) is 3.73. The van der Waals surface area contributed by atoms with E-state index in [0.717, 1.165) is 16.8 Å². The van der Waals surface area contributed by atoms with Crippen LogP contribution in [0.25, 0.3) is 11.1 Å². The molecule has 3 aromatic rings. The Morgan fingerprint density at radius 3 is 2.74 bits per heavy atom. The lowest BCUT2D eigenvalue weighted by Gasteiger charge is -2.03. The monoisotopic (exact) mass is 329 g/mol. The van der Waals surface area contributed by atoms with Gasteiger partial charge in [-0.2, -0.15) is 0 Å². The molecule has 0 aliphatic carbocycles. The van der Waals surface area contributed by atoms with Crippen LogP contribution >= 0.6 is 11.6 Å². The van der Waals surface area contributed by atoms with Crippen LogP contribution in [0.15, 0.2) is 41.1 Å². The molecule has 3 rings (SSSR count). The molecule has 0 atom stereocenters. The van der Waals surface area contributed by atoms with Crippen molar-refractivity contribution < 1.29 is 9.32 Å². The summed E-state index contributed by atoms with van der Waals surface area (Å²) in [7, 11) is 0. The van der Waals surface area contributed by atoms with Crippen molar-refractivity contribution in [1.29, 1.82) is 0 Å². The molecule has 23 heavy (non-hydrogen) atoms. The molecule has 0 radical (unpaired) electrons. The Labute approximate surface area is 138 Å². The number of carbonyl (C=O) groups excluding carboxylic acids is 1. The van der Waals surface area contributed by atoms with Crippen LogP contribution < -0.4 is 5.32 Å². The van der Waals surface area contributed by atoms with Crippen LogP contribution in [0, 0.1) is 6.92 Å². The molecule has 0 unspecified atom stereocenters. The van der Waals surface area contributed by atoms with Gasteiger partial charge in [0.05, 0.1) is 0 Å². The molecule has 1 amide bonds. The molecule has 1 aromatic carbocycles. The molecule has 2 heterocycles. The van der Waals surface area contributed by atoms with E-state index in [1.807, 2.05) is 31.2 Å². The Bertz CT molecular complexity index is 834. The number of benzene rings is 1. The van der Waals surface area contributed by atoms with E-state index >= 15 is 0 Å². The maximum Gasteiger partial charge on any atom is 0.272 e. The Morgan fingerprint density at radius 2 is 2.04 bits per heavy atom. The molecule has 0 fully saturated rings. The third-order valence-corrected chi connectivity index (χ3v) is 3.86. The fourth-order valence-electron chi connectivity index (χ4n) is 2.33. The normalized spacial score (nSPS) is 10.7. The highest BCUT2D eigenvalue weighted by molar-refractivity contribution is 6.30. The number of hydrogen-bond acceptors (Lipinski definition) is 3. The minimum atomic E-state index is -0.230. The summed E-state index contributed by atoms with van der Waals surface area (Å²) in [6, 6.07) is 9.25. The molecule has 0 bridgehead atoms. The van der Waals surface area contributed by atoms with Gasteiger partial charge in [-0.1, -0.05) is 35.8 Å². The van der Waals surface area contributed by atoms with Crippen molar-refractivity contribution in [3.05, 3.63) is 58.7 Å². The first-order valence-corrected chi connectivity index (χ1v) is 7.67. The van der Waals surface area contributed by atoms with Gasteiger partial charge in [0.1, 0.15) is 17.1 Å². The summed E-state index contributed by atoms with van der Waals surface area (Å²) >= 11 is 5.89. The van der Waals surface area contributed by atoms with Gasteiger partial charge in [0.15, 0.2) is 5.76 Å². The number of anilines is 1. The summed E-state index contributed by atoms with van der Waals surface area (Å²) in [5.74, 6) is 0.367. The van der Waals surface area contributed by atoms with Gasteiger partial charge in [-0.3, -0.25) is 4.79 Å². The van der Waals surface area contributed by atoms with Crippen molar-refractivity contribution in [2.45, 2.75) is 20.3 Å². The molecule has 6 heteroatoms. The number of aromatic amines is 1. The number of H-pyrrole nitrogens is 1. The number of hydrogen-bond donors (Lipinski definition) is 2. The van der Waals surface area contributed by atoms with Crippen molar-refractivity contribution in [2.75, 3.05) is 5.32 Å². The van der Waals surface area contributed by atoms with Crippen LogP contribution in [-0.2, 0) is 6.42 Å². The van der Waals surface area contributed by atoms with Crippen LogP contribution in [0.4, 0.5) is 5.69 Å². The Kier molecular flexibility index (Phi) is 4.21. The summed E-state index contributed by atoms with van der Waals surface area (Å²) in [6.07, 6.45) is 2.48. The highest BCUT2D eigenvalue weighted by Gasteiger charge is 2.16. The molecule has 2 aromatic heterocycles. The lowest BCUT2D eigenvalue weighted by molar-refractivity contribution is 0.102. The Balaban J connectivity index is 1.81. The van der Waals surface area contributed by atoms with Crippen molar-refractivity contribution in [1.82, 2.24) is 10.1 Å². The van der Waals surface area contributed by atoms with E-state index in [9.17, 15) is 4.79 Å². The van der Waals surface area contributed by atoms with E-state index in [0.29, 0.717) is 28.6 Å². The number of halogens is 1. The number of nitrogens with zero attached hydrogens (tertiary/aromatic N) is 1. The highest BCUT2D eigenvalue weighted by atomic mass is 35.5. The first kappa shape index (κ1) is 15.4. The van der Waals surface area contributed by atoms with Crippen molar-refractivity contribution in [3.8, 4) is 11.1 Å². The number of aromatic nitrogens is 2. The predicted octanol–water partition coefficient (Wildman–Crippen LogP) is 4.45. The van der Waals surface area contributed by atoms with Crippen molar-refractivity contribution in [2.24, 2.45) is 0 Å². The van der Waals surface area contributed by atoms with Crippen molar-refractivity contribution in [3.63, 3.8) is 0 Å². The Morgan fingerprint density at radius 1 is 1.30 bits per heavy atom. The molecule has 0 saturated heterocycles. The maximum atomic E-state index is 12.4. The van der Waals surface area contributed by atoms with Crippen molar-refractivity contribution >= 4 is 23.2 Å². The van der Waals surface area contributed by atoms with E-state index in [1.54, 1.807) is 19.2 Å². The zero-order valence-electron chi connectivity index (χ0n) is 12.8. The quantitative estimate of drug-likeness (QED) is 0.743. The average Bonchev–Trinajstić information content (AvgIpc) is 3.16. The number of carbonyl (C=O) groups is 1. The van der Waals surface area contributed by atoms with E-state index in [2.05, 4.69) is 15.5 Å². The molecular weight excluding hydrogens is 314 g/mol. The first-order chi connectivity index (χ1) is 11.1. The van der Waals surface area contributed by atoms with Gasteiger partial charge in [-0.05, 0) is 42.7 Å². The second-order valence-electron chi connectivity index (χ2n) is 5.18. The zero-order chi connectivity index (χ0) is 16.4. The average molecular weight is 330 g/mol. The molecule has 0 spiro atoms. The molecule has 2 N–H and O–H groups in total. The van der Waals surface area contributed by atoms with Gasteiger partial charge in [0.2, 0.25) is 0 Å². The van der Waals surface area contributed by atoms with Crippen LogP contribution in [-0.4, -0.2) is 16.0 Å². The van der Waals surface area contributed by atoms with E-state index < -0.39 is 0 Å². The molecule has 118 valence electrons. The largest absolute Gasteiger partial charge is 0.359 e. The van der Waals surface area contributed by atoms with Gasteiger partial charge in [-0.15, -0.1) is 0 Å². The smallest absolute Gasteiger partial charge is 0.272 e. The van der Waals surface area contributed by atoms with E-state index in [4.69, 9.17) is 16.1 Å². The Hall–Kier alpha value is -2.53. The number of nitrogens with one attached hydrogen (secondary N) is 2. The minimum Gasteiger partial charge on any atom is -0.359 e. The van der Waals surface area contributed by atoms with Gasteiger partial charge < -0.3 is 14.8 Å². The third-order valence-electron chi connectivity index (χ3n) is 3.61. The van der Waals surface area contributed by atoms with Gasteiger partial charge in [0, 0.05) is 11.2 Å². The van der Waals surface area contributed by atoms with E-state index in [-0.39, 0.29) is 5.91 Å². The van der Waals surface area contributed by atoms with Gasteiger partial charge in [0.25, 0.3) is 5.91 Å². The second kappa shape index (κ2) is 6.30. The molecule has 0 aliphatic rings. The van der Waals surface area contributed by atoms with Gasteiger partial charge in [-0.25, -0.2) is 0 Å². The lowest BCUT2D eigenvalue weighted by Crippen LogP contribution is -2.13. The standard InChI is InChI=1S/C17H16ClN3O2/c1-3-14-16(10(2)23-21-14)20-17(22)15-8-12(9-19-15)11-4-6-13(18)7-5-11/h4-9,19H,3H2,1-2H3,(H,20,22). The summed E-state index contributed by atoms with van der Waals surface area (Å²) < 4.78 is 5.12.